The van der Waals surface area contributed by atoms with Crippen molar-refractivity contribution in [2.75, 3.05) is 0 Å². The van der Waals surface area contributed by atoms with Crippen LogP contribution >= 0.6 is 0 Å². The van der Waals surface area contributed by atoms with Gasteiger partial charge < -0.3 is 5.11 Å². The van der Waals surface area contributed by atoms with Crippen molar-refractivity contribution >= 4 is 22.3 Å². The minimum atomic E-state index is -4.07. The van der Waals surface area contributed by atoms with Gasteiger partial charge >= 0.3 is 5.97 Å². The molecule has 0 aliphatic rings. The molecule has 0 bridgehead atoms. The van der Waals surface area contributed by atoms with Crippen molar-refractivity contribution in [2.45, 2.75) is 17.4 Å². The van der Waals surface area contributed by atoms with Crippen LogP contribution < -0.4 is 4.72 Å². The van der Waals surface area contributed by atoms with Crippen LogP contribution in [0.1, 0.15) is 28.4 Å². The molecule has 0 fully saturated rings. The van der Waals surface area contributed by atoms with Gasteiger partial charge in [-0.05, 0) is 17.7 Å². The summed E-state index contributed by atoms with van der Waals surface area (Å²) in [5.41, 5.74) is 0.419. The van der Waals surface area contributed by atoms with Gasteiger partial charge in [-0.15, -0.1) is 0 Å². The minimum Gasteiger partial charge on any atom is -0.481 e. The van der Waals surface area contributed by atoms with Crippen LogP contribution in [0.15, 0.2) is 53.7 Å². The molecular weight excluding hydrogens is 320 g/mol. The molecule has 0 spiro atoms. The van der Waals surface area contributed by atoms with Crippen molar-refractivity contribution in [3.63, 3.8) is 0 Å². The van der Waals surface area contributed by atoms with Crippen LogP contribution in [0.3, 0.4) is 0 Å². The topological polar surface area (TPSA) is 113 Å². The van der Waals surface area contributed by atoms with Crippen molar-refractivity contribution in [3.8, 4) is 0 Å². The van der Waals surface area contributed by atoms with E-state index < -0.39 is 28.5 Å². The Labute approximate surface area is 133 Å². The quantitative estimate of drug-likeness (QED) is 0.740. The van der Waals surface area contributed by atoms with E-state index in [-0.39, 0.29) is 10.5 Å². The van der Waals surface area contributed by atoms with E-state index in [1.54, 1.807) is 18.2 Å². The highest BCUT2D eigenvalue weighted by Crippen LogP contribution is 2.21. The second-order valence-corrected chi connectivity index (χ2v) is 6.40. The predicted molar refractivity (Wildman–Crippen MR) is 81.4 cm³/mol. The zero-order valence-corrected chi connectivity index (χ0v) is 12.7. The fraction of sp³-hybridized carbons (Fsp3) is 0.133. The number of benzene rings is 1. The number of pyridine rings is 1. The van der Waals surface area contributed by atoms with Crippen molar-refractivity contribution in [2.24, 2.45) is 0 Å². The molecule has 0 saturated heterocycles. The number of carboxylic acids is 1. The van der Waals surface area contributed by atoms with Crippen LogP contribution in [0.2, 0.25) is 0 Å². The number of hydrogen-bond acceptors (Lipinski definition) is 5. The molecule has 0 aliphatic carbocycles. The molecule has 23 heavy (non-hydrogen) atoms. The molecule has 2 rings (SSSR count). The van der Waals surface area contributed by atoms with Crippen LogP contribution in [-0.2, 0) is 14.8 Å². The van der Waals surface area contributed by atoms with Gasteiger partial charge in [0.2, 0.25) is 10.0 Å². The van der Waals surface area contributed by atoms with Crippen LogP contribution in [0.4, 0.5) is 0 Å². The van der Waals surface area contributed by atoms with Crippen molar-refractivity contribution in [1.82, 2.24) is 9.71 Å². The smallest absolute Gasteiger partial charge is 0.305 e. The van der Waals surface area contributed by atoms with E-state index in [1.165, 1.54) is 30.6 Å². The van der Waals surface area contributed by atoms with E-state index in [4.69, 9.17) is 5.11 Å². The monoisotopic (exact) mass is 334 g/mol. The number of rotatable bonds is 7. The lowest BCUT2D eigenvalue weighted by Crippen LogP contribution is -2.31. The number of carbonyl (C=O) groups is 2. The molecule has 1 atom stereocenters. The zero-order chi connectivity index (χ0) is 16.9. The first-order valence-electron chi connectivity index (χ1n) is 6.62. The molecule has 2 N–H and O–H groups in total. The third kappa shape index (κ3) is 4.21. The van der Waals surface area contributed by atoms with Gasteiger partial charge in [-0.25, -0.2) is 13.1 Å². The molecule has 0 radical (unpaired) electrons. The Morgan fingerprint density at radius 1 is 1.26 bits per heavy atom. The van der Waals surface area contributed by atoms with Gasteiger partial charge in [0.05, 0.1) is 17.4 Å². The fourth-order valence-corrected chi connectivity index (χ4v) is 3.46. The summed E-state index contributed by atoms with van der Waals surface area (Å²) in [5, 5.41) is 9.00. The second kappa shape index (κ2) is 7.12. The third-order valence-electron chi connectivity index (χ3n) is 3.10. The maximum absolute atomic E-state index is 12.5. The number of nitrogens with one attached hydrogen (secondary N) is 1. The average Bonchev–Trinajstić information content (AvgIpc) is 2.54. The van der Waals surface area contributed by atoms with Crippen molar-refractivity contribution < 1.29 is 23.1 Å². The Hall–Kier alpha value is -2.58. The van der Waals surface area contributed by atoms with Gasteiger partial charge in [0.15, 0.2) is 6.29 Å². The summed E-state index contributed by atoms with van der Waals surface area (Å²) in [5.74, 6) is -1.16. The first-order chi connectivity index (χ1) is 10.9. The highest BCUT2D eigenvalue weighted by Gasteiger charge is 2.25. The molecule has 120 valence electrons. The lowest BCUT2D eigenvalue weighted by molar-refractivity contribution is -0.137. The lowest BCUT2D eigenvalue weighted by Gasteiger charge is -2.17. The van der Waals surface area contributed by atoms with Gasteiger partial charge in [0, 0.05) is 18.0 Å². The number of aromatic nitrogens is 1. The van der Waals surface area contributed by atoms with Gasteiger partial charge in [0.25, 0.3) is 0 Å². The number of carbonyl (C=O) groups excluding carboxylic acids is 1. The molecule has 8 heteroatoms. The molecule has 1 aromatic carbocycles. The zero-order valence-electron chi connectivity index (χ0n) is 11.9. The van der Waals surface area contributed by atoms with Gasteiger partial charge in [-0.1, -0.05) is 24.3 Å². The summed E-state index contributed by atoms with van der Waals surface area (Å²) in [4.78, 5) is 25.7. The van der Waals surface area contributed by atoms with E-state index in [2.05, 4.69) is 9.71 Å². The molecule has 1 aromatic heterocycles. The first-order valence-corrected chi connectivity index (χ1v) is 8.10. The number of aliphatic carboxylic acids is 1. The summed E-state index contributed by atoms with van der Waals surface area (Å²) in [6, 6.07) is 7.85. The SMILES string of the molecule is O=Cc1ccccc1S(=O)(=O)NC(CC(=O)O)c1cccnc1. The summed E-state index contributed by atoms with van der Waals surface area (Å²) in [7, 11) is -4.07. The maximum atomic E-state index is 12.5. The van der Waals surface area contributed by atoms with E-state index in [1.807, 2.05) is 0 Å². The Kier molecular flexibility index (Phi) is 5.20. The molecule has 1 heterocycles. The van der Waals surface area contributed by atoms with Gasteiger partial charge in [-0.2, -0.15) is 0 Å². The lowest BCUT2D eigenvalue weighted by atomic mass is 10.1. The van der Waals surface area contributed by atoms with Crippen LogP contribution in [0.5, 0.6) is 0 Å². The number of hydrogen-bond donors (Lipinski definition) is 2. The Morgan fingerprint density at radius 3 is 2.61 bits per heavy atom. The Bertz CT molecular complexity index is 806. The predicted octanol–water partition coefficient (Wildman–Crippen LogP) is 1.39. The van der Waals surface area contributed by atoms with Crippen LogP contribution in [-0.4, -0.2) is 30.8 Å². The largest absolute Gasteiger partial charge is 0.481 e. The number of nitrogens with zero attached hydrogens (tertiary/aromatic N) is 1. The number of aldehydes is 1. The molecule has 1 unspecified atom stereocenters. The molecule has 0 aliphatic heterocycles. The highest BCUT2D eigenvalue weighted by molar-refractivity contribution is 7.89. The van der Waals surface area contributed by atoms with E-state index in [0.29, 0.717) is 11.8 Å². The van der Waals surface area contributed by atoms with Crippen molar-refractivity contribution in [3.05, 3.63) is 59.9 Å². The van der Waals surface area contributed by atoms with E-state index in [0.717, 1.165) is 0 Å². The minimum absolute atomic E-state index is 0.000242. The van der Waals surface area contributed by atoms with Gasteiger partial charge in [0.1, 0.15) is 0 Å². The Morgan fingerprint density at radius 2 is 2.00 bits per heavy atom. The fourth-order valence-electron chi connectivity index (χ4n) is 2.06. The number of sulfonamides is 1. The van der Waals surface area contributed by atoms with Crippen LogP contribution in [0, 0.1) is 0 Å². The standard InChI is InChI=1S/C15H14N2O5S/c18-10-12-4-1-2-6-14(12)23(21,22)17-13(8-15(19)20)11-5-3-7-16-9-11/h1-7,9-10,13,17H,8H2,(H,19,20). The first kappa shape index (κ1) is 16.8. The molecule has 0 amide bonds. The average molecular weight is 334 g/mol. The molecule has 2 aromatic rings. The summed E-state index contributed by atoms with van der Waals surface area (Å²) in [6.45, 7) is 0. The summed E-state index contributed by atoms with van der Waals surface area (Å²) >= 11 is 0. The second-order valence-electron chi connectivity index (χ2n) is 4.71. The van der Waals surface area contributed by atoms with Crippen molar-refractivity contribution in [1.29, 1.82) is 0 Å². The third-order valence-corrected chi connectivity index (χ3v) is 4.64. The normalized spacial score (nSPS) is 12.5. The van der Waals surface area contributed by atoms with E-state index >= 15 is 0 Å². The summed E-state index contributed by atoms with van der Waals surface area (Å²) in [6.07, 6.45) is 2.87. The highest BCUT2D eigenvalue weighted by atomic mass is 32.2. The van der Waals surface area contributed by atoms with Gasteiger partial charge in [-0.3, -0.25) is 14.6 Å². The molecule has 7 nitrogen and oxygen atoms in total. The molecule has 0 saturated carbocycles. The molecular formula is C15H14N2O5S. The van der Waals surface area contributed by atoms with E-state index in [9.17, 15) is 18.0 Å². The number of carboxylic acid groups (broad SMARTS) is 1. The summed E-state index contributed by atoms with van der Waals surface area (Å²) < 4.78 is 27.3. The maximum Gasteiger partial charge on any atom is 0.305 e. The van der Waals surface area contributed by atoms with Crippen LogP contribution in [0.25, 0.3) is 0 Å². The Balaban J connectivity index is 2.38.